The normalized spacial score (nSPS) is 11.0. The van der Waals surface area contributed by atoms with Gasteiger partial charge in [0.2, 0.25) is 11.8 Å². The lowest BCUT2D eigenvalue weighted by molar-refractivity contribution is -0.117. The van der Waals surface area contributed by atoms with Crippen LogP contribution in [-0.4, -0.2) is 18.4 Å². The Kier molecular flexibility index (Phi) is 6.75. The van der Waals surface area contributed by atoms with Crippen molar-refractivity contribution in [3.05, 3.63) is 70.7 Å². The number of nitrogens with one attached hydrogen (secondary N) is 2. The molecule has 24 heavy (non-hydrogen) atoms. The first-order valence-corrected chi connectivity index (χ1v) is 8.41. The van der Waals surface area contributed by atoms with Gasteiger partial charge in [0, 0.05) is 29.2 Å². The van der Waals surface area contributed by atoms with Crippen LogP contribution in [0.5, 0.6) is 0 Å². The van der Waals surface area contributed by atoms with Crippen molar-refractivity contribution in [3.8, 4) is 0 Å². The zero-order valence-electron chi connectivity index (χ0n) is 13.4. The van der Waals surface area contributed by atoms with E-state index in [9.17, 15) is 9.59 Å². The standard InChI is InChI=1S/C19H19BrN2O2/c1-14(15-5-3-2-4-6-15)13-19(24)21-12-11-18(23)22-17-9-7-16(20)8-10-17/h2-10,13H,11-12H2,1H3,(H,21,24)(H,22,23). The Hall–Kier alpha value is -2.40. The molecule has 0 aliphatic rings. The van der Waals surface area contributed by atoms with E-state index in [1.165, 1.54) is 0 Å². The molecule has 0 heterocycles. The summed E-state index contributed by atoms with van der Waals surface area (Å²) in [6.07, 6.45) is 1.77. The molecule has 0 aliphatic carbocycles. The van der Waals surface area contributed by atoms with Crippen molar-refractivity contribution in [1.29, 1.82) is 0 Å². The summed E-state index contributed by atoms with van der Waals surface area (Å²) in [7, 11) is 0. The average Bonchev–Trinajstić information content (AvgIpc) is 2.57. The Morgan fingerprint density at radius 3 is 2.38 bits per heavy atom. The van der Waals surface area contributed by atoms with Gasteiger partial charge >= 0.3 is 0 Å². The van der Waals surface area contributed by atoms with E-state index in [1.807, 2.05) is 61.5 Å². The van der Waals surface area contributed by atoms with Crippen LogP contribution in [0, 0.1) is 0 Å². The van der Waals surface area contributed by atoms with E-state index < -0.39 is 0 Å². The predicted octanol–water partition coefficient (Wildman–Crippen LogP) is 4.00. The lowest BCUT2D eigenvalue weighted by Crippen LogP contribution is -2.26. The van der Waals surface area contributed by atoms with Gasteiger partial charge in [0.15, 0.2) is 0 Å². The van der Waals surface area contributed by atoms with E-state index in [-0.39, 0.29) is 18.2 Å². The second kappa shape index (κ2) is 9.03. The van der Waals surface area contributed by atoms with Crippen molar-refractivity contribution in [2.45, 2.75) is 13.3 Å². The second-order valence-corrected chi connectivity index (χ2v) is 6.21. The lowest BCUT2D eigenvalue weighted by atomic mass is 10.1. The summed E-state index contributed by atoms with van der Waals surface area (Å²) in [6.45, 7) is 2.18. The highest BCUT2D eigenvalue weighted by Crippen LogP contribution is 2.14. The Balaban J connectivity index is 1.76. The van der Waals surface area contributed by atoms with E-state index in [0.717, 1.165) is 21.3 Å². The highest BCUT2D eigenvalue weighted by Gasteiger charge is 2.04. The molecule has 5 heteroatoms. The van der Waals surface area contributed by atoms with Crippen molar-refractivity contribution in [1.82, 2.24) is 5.32 Å². The summed E-state index contributed by atoms with van der Waals surface area (Å²) in [5, 5.41) is 5.51. The largest absolute Gasteiger partial charge is 0.352 e. The van der Waals surface area contributed by atoms with Crippen LogP contribution in [0.4, 0.5) is 5.69 Å². The van der Waals surface area contributed by atoms with Crippen molar-refractivity contribution >= 4 is 39.0 Å². The van der Waals surface area contributed by atoms with Crippen LogP contribution in [0.3, 0.4) is 0 Å². The van der Waals surface area contributed by atoms with Gasteiger partial charge in [0.05, 0.1) is 0 Å². The fraction of sp³-hybridized carbons (Fsp3) is 0.158. The molecule has 0 spiro atoms. The highest BCUT2D eigenvalue weighted by molar-refractivity contribution is 9.10. The van der Waals surface area contributed by atoms with Crippen molar-refractivity contribution in [2.75, 3.05) is 11.9 Å². The minimum absolute atomic E-state index is 0.138. The van der Waals surface area contributed by atoms with Crippen LogP contribution < -0.4 is 10.6 Å². The van der Waals surface area contributed by atoms with Crippen LogP contribution in [0.1, 0.15) is 18.9 Å². The SMILES string of the molecule is CC(=CC(=O)NCCC(=O)Nc1ccc(Br)cc1)c1ccccc1. The topological polar surface area (TPSA) is 58.2 Å². The van der Waals surface area contributed by atoms with Crippen molar-refractivity contribution in [3.63, 3.8) is 0 Å². The van der Waals surface area contributed by atoms with E-state index >= 15 is 0 Å². The van der Waals surface area contributed by atoms with Gasteiger partial charge in [-0.2, -0.15) is 0 Å². The number of hydrogen-bond acceptors (Lipinski definition) is 2. The summed E-state index contributed by atoms with van der Waals surface area (Å²) in [5.74, 6) is -0.339. The van der Waals surface area contributed by atoms with E-state index in [1.54, 1.807) is 6.08 Å². The third-order valence-electron chi connectivity index (χ3n) is 3.36. The molecule has 2 N–H and O–H groups in total. The quantitative estimate of drug-likeness (QED) is 0.737. The number of carbonyl (C=O) groups is 2. The number of allylic oxidation sites excluding steroid dienone is 1. The number of halogens is 1. The summed E-state index contributed by atoms with van der Waals surface area (Å²) in [5.41, 5.74) is 2.61. The minimum Gasteiger partial charge on any atom is -0.352 e. The fourth-order valence-corrected chi connectivity index (χ4v) is 2.35. The summed E-state index contributed by atoms with van der Waals surface area (Å²) >= 11 is 3.34. The molecule has 2 rings (SSSR count). The Morgan fingerprint density at radius 1 is 1.04 bits per heavy atom. The molecule has 2 amide bonds. The van der Waals surface area contributed by atoms with Crippen LogP contribution in [0.25, 0.3) is 5.57 Å². The molecule has 0 saturated carbocycles. The third-order valence-corrected chi connectivity index (χ3v) is 3.88. The molecular weight excluding hydrogens is 368 g/mol. The third kappa shape index (κ3) is 6.01. The molecule has 0 bridgehead atoms. The number of rotatable bonds is 6. The highest BCUT2D eigenvalue weighted by atomic mass is 79.9. The van der Waals surface area contributed by atoms with Gasteiger partial charge in [-0.25, -0.2) is 0 Å². The molecule has 0 aliphatic heterocycles. The first-order chi connectivity index (χ1) is 11.5. The second-order valence-electron chi connectivity index (χ2n) is 5.29. The summed E-state index contributed by atoms with van der Waals surface area (Å²) in [6, 6.07) is 17.0. The zero-order chi connectivity index (χ0) is 17.4. The van der Waals surface area contributed by atoms with E-state index in [0.29, 0.717) is 6.54 Å². The van der Waals surface area contributed by atoms with Gasteiger partial charge in [-0.15, -0.1) is 0 Å². The molecule has 4 nitrogen and oxygen atoms in total. The summed E-state index contributed by atoms with van der Waals surface area (Å²) < 4.78 is 0.952. The zero-order valence-corrected chi connectivity index (χ0v) is 15.0. The van der Waals surface area contributed by atoms with Crippen LogP contribution >= 0.6 is 15.9 Å². The average molecular weight is 387 g/mol. The molecule has 2 aromatic carbocycles. The Labute approximate surface area is 150 Å². The molecule has 0 unspecified atom stereocenters. The van der Waals surface area contributed by atoms with Crippen LogP contribution in [0.15, 0.2) is 65.1 Å². The first kappa shape index (κ1) is 17.9. The van der Waals surface area contributed by atoms with Gasteiger partial charge < -0.3 is 10.6 Å². The Bertz CT molecular complexity index is 725. The molecular formula is C19H19BrN2O2. The molecule has 0 fully saturated rings. The van der Waals surface area contributed by atoms with Crippen LogP contribution in [0.2, 0.25) is 0 Å². The molecule has 0 atom stereocenters. The number of carbonyl (C=O) groups excluding carboxylic acids is 2. The molecule has 2 aromatic rings. The van der Waals surface area contributed by atoms with Gasteiger partial charge in [-0.05, 0) is 42.3 Å². The number of amides is 2. The fourth-order valence-electron chi connectivity index (χ4n) is 2.09. The maximum atomic E-state index is 11.9. The maximum absolute atomic E-state index is 11.9. The van der Waals surface area contributed by atoms with Gasteiger partial charge in [-0.3, -0.25) is 9.59 Å². The number of benzene rings is 2. The van der Waals surface area contributed by atoms with Crippen LogP contribution in [-0.2, 0) is 9.59 Å². The van der Waals surface area contributed by atoms with E-state index in [4.69, 9.17) is 0 Å². The first-order valence-electron chi connectivity index (χ1n) is 7.61. The number of hydrogen-bond donors (Lipinski definition) is 2. The predicted molar refractivity (Wildman–Crippen MR) is 100 cm³/mol. The molecule has 0 saturated heterocycles. The number of anilines is 1. The van der Waals surface area contributed by atoms with Gasteiger partial charge in [-0.1, -0.05) is 46.3 Å². The monoisotopic (exact) mass is 386 g/mol. The summed E-state index contributed by atoms with van der Waals surface area (Å²) in [4.78, 5) is 23.7. The van der Waals surface area contributed by atoms with E-state index in [2.05, 4.69) is 26.6 Å². The van der Waals surface area contributed by atoms with Crippen molar-refractivity contribution in [2.24, 2.45) is 0 Å². The molecule has 0 aromatic heterocycles. The maximum Gasteiger partial charge on any atom is 0.244 e. The minimum atomic E-state index is -0.201. The van der Waals surface area contributed by atoms with Gasteiger partial charge in [0.1, 0.15) is 0 Å². The van der Waals surface area contributed by atoms with Crippen molar-refractivity contribution < 1.29 is 9.59 Å². The van der Waals surface area contributed by atoms with Gasteiger partial charge in [0.25, 0.3) is 0 Å². The smallest absolute Gasteiger partial charge is 0.244 e. The Morgan fingerprint density at radius 2 is 1.71 bits per heavy atom. The molecule has 0 radical (unpaired) electrons. The molecule has 124 valence electrons. The lowest BCUT2D eigenvalue weighted by Gasteiger charge is -2.06.